The van der Waals surface area contributed by atoms with Gasteiger partial charge in [-0.25, -0.2) is 4.79 Å². The topological polar surface area (TPSA) is 97.3 Å². The van der Waals surface area contributed by atoms with E-state index in [2.05, 4.69) is 17.2 Å². The average molecular weight is 696 g/mol. The number of hydrogen-bond donors (Lipinski definition) is 3. The molecule has 4 aliphatic carbocycles. The Hall–Kier alpha value is -2.72. The molecule has 7 nitrogen and oxygen atoms in total. The van der Waals surface area contributed by atoms with Crippen LogP contribution in [0.4, 0.5) is 26.7 Å². The summed E-state index contributed by atoms with van der Waals surface area (Å²) in [5, 5.41) is 26.4. The third-order valence-corrected chi connectivity index (χ3v) is 12.0. The maximum Gasteiger partial charge on any atom is 0.456 e. The molecule has 270 valence electrons. The van der Waals surface area contributed by atoms with Crippen molar-refractivity contribution in [3.05, 3.63) is 46.5 Å². The Kier molecular flexibility index (Phi) is 8.99. The van der Waals surface area contributed by atoms with E-state index in [1.807, 2.05) is 13.8 Å². The molecular weight excluding hydrogens is 649 g/mol. The maximum atomic E-state index is 15.4. The number of benzene rings is 1. The van der Waals surface area contributed by atoms with Crippen LogP contribution in [0.5, 0.6) is 0 Å². The molecule has 49 heavy (non-hydrogen) atoms. The van der Waals surface area contributed by atoms with Crippen LogP contribution in [-0.2, 0) is 14.2 Å². The molecular formula is C37H46F5NO6. The first-order chi connectivity index (χ1) is 22.8. The number of halogens is 5. The largest absolute Gasteiger partial charge is 0.456 e. The van der Waals surface area contributed by atoms with E-state index in [1.54, 1.807) is 31.2 Å². The van der Waals surface area contributed by atoms with Crippen molar-refractivity contribution in [2.24, 2.45) is 22.7 Å². The lowest BCUT2D eigenvalue weighted by Gasteiger charge is -2.59. The number of carbonyl (C=O) groups is 1. The van der Waals surface area contributed by atoms with E-state index in [0.717, 1.165) is 11.1 Å². The summed E-state index contributed by atoms with van der Waals surface area (Å²) in [6.07, 6.45) is -5.54. The van der Waals surface area contributed by atoms with Crippen molar-refractivity contribution in [1.82, 2.24) is 5.32 Å². The Labute approximate surface area is 283 Å². The van der Waals surface area contributed by atoms with Gasteiger partial charge in [-0.2, -0.15) is 22.0 Å². The lowest BCUT2D eigenvalue weighted by Crippen LogP contribution is -2.65. The molecule has 4 fully saturated rings. The first-order valence-corrected chi connectivity index (χ1v) is 17.2. The number of ether oxygens (including phenoxy) is 3. The molecule has 6 rings (SSSR count). The maximum absolute atomic E-state index is 15.4. The third-order valence-electron chi connectivity index (χ3n) is 12.0. The molecule has 0 aromatic heterocycles. The van der Waals surface area contributed by atoms with E-state index in [4.69, 9.17) is 14.2 Å². The minimum Gasteiger partial charge on any atom is -0.436 e. The molecule has 1 saturated heterocycles. The molecule has 0 radical (unpaired) electrons. The summed E-state index contributed by atoms with van der Waals surface area (Å²) >= 11 is 0. The highest BCUT2D eigenvalue weighted by atomic mass is 19.4. The Balaban J connectivity index is 1.38. The van der Waals surface area contributed by atoms with Crippen LogP contribution in [0.3, 0.4) is 0 Å². The van der Waals surface area contributed by atoms with Crippen LogP contribution in [-0.4, -0.2) is 71.8 Å². The van der Waals surface area contributed by atoms with E-state index in [1.165, 1.54) is 6.92 Å². The molecule has 6 atom stereocenters. The zero-order valence-electron chi connectivity index (χ0n) is 28.4. The Bertz CT molecular complexity index is 1540. The number of carbonyl (C=O) groups excluding carboxylic acids is 1. The van der Waals surface area contributed by atoms with E-state index in [0.29, 0.717) is 50.1 Å². The number of amides is 1. The second kappa shape index (κ2) is 12.2. The van der Waals surface area contributed by atoms with Gasteiger partial charge in [-0.15, -0.1) is 0 Å². The van der Waals surface area contributed by atoms with Gasteiger partial charge >= 0.3 is 18.2 Å². The average Bonchev–Trinajstić information content (AvgIpc) is 3.31. The summed E-state index contributed by atoms with van der Waals surface area (Å²) in [7, 11) is 0. The van der Waals surface area contributed by atoms with Gasteiger partial charge in [0.2, 0.25) is 0 Å². The van der Waals surface area contributed by atoms with Crippen LogP contribution in [0.2, 0.25) is 0 Å². The van der Waals surface area contributed by atoms with E-state index < -0.39 is 64.8 Å². The van der Waals surface area contributed by atoms with E-state index in [-0.39, 0.29) is 37.7 Å². The van der Waals surface area contributed by atoms with Gasteiger partial charge in [-0.1, -0.05) is 50.3 Å². The van der Waals surface area contributed by atoms with Gasteiger partial charge in [0, 0.05) is 41.7 Å². The molecule has 1 heterocycles. The monoisotopic (exact) mass is 695 g/mol. The fourth-order valence-electron chi connectivity index (χ4n) is 9.54. The zero-order valence-corrected chi connectivity index (χ0v) is 28.4. The number of rotatable bonds is 4. The number of nitrogens with one attached hydrogen (secondary N) is 1. The number of allylic oxidation sites excluding steroid dienone is 1. The number of fused-ring (bicyclic) bond motifs is 4. The van der Waals surface area contributed by atoms with Crippen LogP contribution in [0.25, 0.3) is 0 Å². The predicted molar refractivity (Wildman–Crippen MR) is 169 cm³/mol. The summed E-state index contributed by atoms with van der Waals surface area (Å²) < 4.78 is 90.1. The molecule has 1 aliphatic heterocycles. The standard InChI is InChI=1S/C37H46F5NO6/c1-5-43-30(44)47-18-6-7-23-8-10-24(11-9-23)26-19-32(4)27(14-17-35(32,46)36(38,39)37(40,41)42)25-12-15-33(45)20-34(16-13-28(33)29(25)26)48-21-31(2,3)22-49-34/h8-11,25-27,45-46H,5,12-22H2,1-4H3,(H,43,44)/t25-,26+,27-,32-,33+,35-/m0/s1. The highest BCUT2D eigenvalue weighted by Gasteiger charge is 2.79. The van der Waals surface area contributed by atoms with Crippen molar-refractivity contribution in [2.75, 3.05) is 26.4 Å². The van der Waals surface area contributed by atoms with Gasteiger partial charge < -0.3 is 29.7 Å². The lowest BCUT2D eigenvalue weighted by molar-refractivity contribution is -0.362. The first kappa shape index (κ1) is 36.1. The molecule has 1 spiro atoms. The van der Waals surface area contributed by atoms with Crippen molar-refractivity contribution in [3.63, 3.8) is 0 Å². The number of aliphatic hydroxyl groups is 2. The van der Waals surface area contributed by atoms with Crippen LogP contribution in [0.1, 0.15) is 96.1 Å². The Morgan fingerprint density at radius 2 is 1.69 bits per heavy atom. The first-order valence-electron chi connectivity index (χ1n) is 17.2. The molecule has 5 aliphatic rings. The minimum absolute atomic E-state index is 0.0172. The van der Waals surface area contributed by atoms with Crippen molar-refractivity contribution in [3.8, 4) is 11.8 Å². The summed E-state index contributed by atoms with van der Waals surface area (Å²) in [5.74, 6) is -2.26. The van der Waals surface area contributed by atoms with Gasteiger partial charge in [0.1, 0.15) is 5.60 Å². The molecule has 1 aromatic carbocycles. The Morgan fingerprint density at radius 1 is 1.02 bits per heavy atom. The van der Waals surface area contributed by atoms with Crippen LogP contribution in [0.15, 0.2) is 35.4 Å². The molecule has 1 aromatic rings. The van der Waals surface area contributed by atoms with E-state index >= 15 is 8.78 Å². The van der Waals surface area contributed by atoms with Crippen molar-refractivity contribution >= 4 is 6.09 Å². The number of alkyl carbamates (subject to hydrolysis) is 1. The van der Waals surface area contributed by atoms with Gasteiger partial charge in [-0.3, -0.25) is 0 Å². The van der Waals surface area contributed by atoms with Crippen LogP contribution >= 0.6 is 0 Å². The van der Waals surface area contributed by atoms with Gasteiger partial charge in [0.05, 0.1) is 18.8 Å². The third kappa shape index (κ3) is 5.96. The predicted octanol–water partition coefficient (Wildman–Crippen LogP) is 7.01. The quantitative estimate of drug-likeness (QED) is 0.178. The molecule has 3 N–H and O–H groups in total. The summed E-state index contributed by atoms with van der Waals surface area (Å²) in [4.78, 5) is 11.5. The minimum atomic E-state index is -5.92. The molecule has 12 heteroatoms. The van der Waals surface area contributed by atoms with Gasteiger partial charge in [0.25, 0.3) is 0 Å². The highest BCUT2D eigenvalue weighted by Crippen LogP contribution is 2.71. The molecule has 1 amide bonds. The van der Waals surface area contributed by atoms with Crippen molar-refractivity contribution in [1.29, 1.82) is 0 Å². The smallest absolute Gasteiger partial charge is 0.436 e. The van der Waals surface area contributed by atoms with Crippen molar-refractivity contribution in [2.45, 2.75) is 114 Å². The summed E-state index contributed by atoms with van der Waals surface area (Å²) in [5.41, 5.74) is -3.59. The van der Waals surface area contributed by atoms with Gasteiger partial charge in [-0.05, 0) is 80.6 Å². The normalized spacial score (nSPS) is 35.0. The molecule has 0 unspecified atom stereocenters. The highest BCUT2D eigenvalue weighted by molar-refractivity contribution is 5.67. The summed E-state index contributed by atoms with van der Waals surface area (Å²) in [6, 6.07) is 7.00. The van der Waals surface area contributed by atoms with Crippen molar-refractivity contribution < 1.29 is 51.2 Å². The Morgan fingerprint density at radius 3 is 2.33 bits per heavy atom. The fourth-order valence-corrected chi connectivity index (χ4v) is 9.54. The second-order valence-electron chi connectivity index (χ2n) is 15.7. The zero-order chi connectivity index (χ0) is 35.7. The molecule has 0 bridgehead atoms. The second-order valence-corrected chi connectivity index (χ2v) is 15.7. The number of hydrogen-bond acceptors (Lipinski definition) is 6. The van der Waals surface area contributed by atoms with Crippen LogP contribution < -0.4 is 5.32 Å². The fraction of sp³-hybridized carbons (Fsp3) is 0.703. The SMILES string of the molecule is CCNC(=O)OCC#Cc1ccc([C@H]2C[C@@]3(C)[C@@H](CC[C@@]3(O)C(F)(F)C(F)(F)F)[C@@H]3CC[C@@]4(O)CC5(CCC4=C32)OCC(C)(C)CO5)cc1. The van der Waals surface area contributed by atoms with E-state index in [9.17, 15) is 28.2 Å². The molecule has 3 saturated carbocycles. The summed E-state index contributed by atoms with van der Waals surface area (Å²) in [6.45, 7) is 8.47. The van der Waals surface area contributed by atoms with Gasteiger partial charge in [0.15, 0.2) is 12.4 Å². The number of alkyl halides is 5. The van der Waals surface area contributed by atoms with Crippen LogP contribution in [0, 0.1) is 34.5 Å². The lowest BCUT2D eigenvalue weighted by atomic mass is 9.49.